The van der Waals surface area contributed by atoms with Gasteiger partial charge >= 0.3 is 0 Å². The van der Waals surface area contributed by atoms with E-state index < -0.39 is 0 Å². The second-order valence-corrected chi connectivity index (χ2v) is 15.6. The quantitative estimate of drug-likeness (QED) is 0.213. The van der Waals surface area contributed by atoms with Crippen LogP contribution in [-0.4, -0.2) is 60.0 Å². The second-order valence-electron chi connectivity index (χ2n) is 15.6. The highest BCUT2D eigenvalue weighted by Crippen LogP contribution is 2.46. The molecule has 8 aromatic carbocycles. The molecule has 0 fully saturated rings. The van der Waals surface area contributed by atoms with Gasteiger partial charge in [-0.05, 0) is 118 Å². The molecule has 246 valence electrons. The summed E-state index contributed by atoms with van der Waals surface area (Å²) in [5.41, 5.74) is 18.4. The largest absolute Gasteiger partial charge is 0.509 e. The number of rotatable bonds is 3. The Morgan fingerprint density at radius 3 is 1.75 bits per heavy atom. The summed E-state index contributed by atoms with van der Waals surface area (Å²) in [5, 5.41) is 22.0. The van der Waals surface area contributed by atoms with Crippen LogP contribution in [0.2, 0.25) is 0 Å². The van der Waals surface area contributed by atoms with Crippen molar-refractivity contribution in [1.82, 2.24) is 0 Å². The van der Waals surface area contributed by atoms with Gasteiger partial charge in [0.1, 0.15) is 60.7 Å². The molecule has 8 heteroatoms. The van der Waals surface area contributed by atoms with Crippen LogP contribution in [0.3, 0.4) is 0 Å². The lowest BCUT2D eigenvalue weighted by Crippen LogP contribution is -2.48. The summed E-state index contributed by atoms with van der Waals surface area (Å²) in [5.74, 6) is 0.846. The Morgan fingerprint density at radius 1 is 0.509 bits per heavy atom. The average molecular weight is 671 g/mol. The maximum atomic E-state index is 11.8. The van der Waals surface area contributed by atoms with Crippen LogP contribution >= 0.6 is 0 Å². The molecule has 0 aliphatic heterocycles. The van der Waals surface area contributed by atoms with Crippen molar-refractivity contribution in [3.63, 3.8) is 0 Å². The Kier molecular flexibility index (Phi) is 7.90. The fourth-order valence-corrected chi connectivity index (χ4v) is 9.54. The van der Waals surface area contributed by atoms with Gasteiger partial charge < -0.3 is 5.11 Å². The van der Waals surface area contributed by atoms with Crippen molar-refractivity contribution in [2.45, 2.75) is 19.3 Å². The third-order valence-electron chi connectivity index (χ3n) is 12.9. The number of phenols is 1. The molecule has 1 N–H and O–H groups in total. The minimum absolute atomic E-state index is 0.389. The highest BCUT2D eigenvalue weighted by molar-refractivity contribution is 6.69. The van der Waals surface area contributed by atoms with Gasteiger partial charge in [-0.2, -0.15) is 0 Å². The number of fused-ring (bicyclic) bond motifs is 6. The van der Waals surface area contributed by atoms with Crippen molar-refractivity contribution in [2.75, 3.05) is 0 Å². The first-order chi connectivity index (χ1) is 25.6. The van der Waals surface area contributed by atoms with E-state index in [-0.39, 0.29) is 0 Å². The summed E-state index contributed by atoms with van der Waals surface area (Å²) < 4.78 is 0. The lowest BCUT2D eigenvalue weighted by molar-refractivity contribution is 0.485. The highest BCUT2D eigenvalue weighted by atomic mass is 16.3. The van der Waals surface area contributed by atoms with Crippen LogP contribution in [0, 0.1) is 0 Å². The van der Waals surface area contributed by atoms with Crippen molar-refractivity contribution in [3.05, 3.63) is 114 Å². The molecule has 0 radical (unpaired) electrons. The van der Waals surface area contributed by atoms with Gasteiger partial charge in [-0.25, -0.2) is 0 Å². The van der Waals surface area contributed by atoms with E-state index in [0.717, 1.165) is 28.2 Å². The predicted octanol–water partition coefficient (Wildman–Crippen LogP) is 0.335. The van der Waals surface area contributed by atoms with Crippen LogP contribution in [0.1, 0.15) is 30.4 Å². The van der Waals surface area contributed by atoms with E-state index in [1.54, 1.807) is 0 Å². The number of aromatic hydroxyl groups is 1. The van der Waals surface area contributed by atoms with Crippen molar-refractivity contribution < 1.29 is 5.11 Å². The predicted molar refractivity (Wildman–Crippen MR) is 254 cm³/mol. The van der Waals surface area contributed by atoms with Gasteiger partial charge in [-0.15, -0.1) is 10.9 Å². The molecule has 1 aliphatic carbocycles. The Balaban J connectivity index is 1.45. The average Bonchev–Trinajstić information content (AvgIpc) is 3.19. The van der Waals surface area contributed by atoms with E-state index in [2.05, 4.69) is 171 Å². The third-order valence-corrected chi connectivity index (χ3v) is 12.9. The Hall–Kier alpha value is -5.21. The normalized spacial score (nSPS) is 14.0. The van der Waals surface area contributed by atoms with Crippen LogP contribution in [0.25, 0.3) is 82.5 Å². The van der Waals surface area contributed by atoms with E-state index in [9.17, 15) is 5.11 Å². The third kappa shape index (κ3) is 4.95. The monoisotopic (exact) mass is 672 g/mol. The molecule has 0 aromatic heterocycles. The van der Waals surface area contributed by atoms with Crippen molar-refractivity contribution >= 4 is 142 Å². The number of hydrogen-bond acceptors (Lipinski definition) is 1. The summed E-state index contributed by atoms with van der Waals surface area (Å²) >= 11 is 0. The number of allylic oxidation sites excluding steroid dienone is 1. The first-order valence-corrected chi connectivity index (χ1v) is 19.1. The standard InChI is InChI=1S/C45H39B7O/c1-21-7-6-10-27-20-30(28-11-4-5-12-29(28)31(21)27)33-36-34(38(46)42(50)43(51)39(36)47)32(35-37(33)40(48)44(52)45(53)41(35)49)24-16-13-23(14-17-24)26-18-15-22-8-2-3-9-25(22)19-26/h2-6,8-21,53H,7,46-52H2,1H3. The molecule has 1 atom stereocenters. The first kappa shape index (κ1) is 33.6. The molecule has 0 saturated heterocycles. The fourth-order valence-electron chi connectivity index (χ4n) is 9.54. The van der Waals surface area contributed by atoms with Gasteiger partial charge in [0.15, 0.2) is 0 Å². The Labute approximate surface area is 318 Å². The first-order valence-electron chi connectivity index (χ1n) is 19.1. The van der Waals surface area contributed by atoms with Gasteiger partial charge in [0.25, 0.3) is 0 Å². The zero-order valence-corrected chi connectivity index (χ0v) is 32.1. The molecule has 53 heavy (non-hydrogen) atoms. The second kappa shape index (κ2) is 12.4. The minimum Gasteiger partial charge on any atom is -0.509 e. The summed E-state index contributed by atoms with van der Waals surface area (Å²) in [6, 6.07) is 35.9. The Morgan fingerprint density at radius 2 is 1.06 bits per heavy atom. The summed E-state index contributed by atoms with van der Waals surface area (Å²) in [4.78, 5) is 0. The van der Waals surface area contributed by atoms with Gasteiger partial charge in [0, 0.05) is 0 Å². The van der Waals surface area contributed by atoms with Gasteiger partial charge in [0.05, 0.1) is 0 Å². The number of hydrogen-bond donors (Lipinski definition) is 1. The summed E-state index contributed by atoms with van der Waals surface area (Å²) in [7, 11) is 15.6. The molecular weight excluding hydrogens is 632 g/mol. The van der Waals surface area contributed by atoms with Crippen molar-refractivity contribution in [1.29, 1.82) is 0 Å². The van der Waals surface area contributed by atoms with Crippen molar-refractivity contribution in [2.24, 2.45) is 0 Å². The Bertz CT molecular complexity index is 2830. The molecule has 1 nitrogen and oxygen atoms in total. The van der Waals surface area contributed by atoms with E-state index >= 15 is 0 Å². The molecular formula is C45H39B7O. The lowest BCUT2D eigenvalue weighted by Gasteiger charge is -2.29. The molecule has 0 amide bonds. The maximum Gasteiger partial charge on any atom is 0.145 e. The molecule has 1 aliphatic rings. The van der Waals surface area contributed by atoms with E-state index in [0.29, 0.717) is 11.7 Å². The topological polar surface area (TPSA) is 20.2 Å². The fraction of sp³-hybridized carbons (Fsp3) is 0.0667. The number of phenolic OH excluding ortho intramolecular Hbond substituents is 1. The molecule has 9 rings (SSSR count). The maximum absolute atomic E-state index is 11.8. The molecule has 1 unspecified atom stereocenters. The van der Waals surface area contributed by atoms with E-state index in [4.69, 9.17) is 0 Å². The molecule has 0 bridgehead atoms. The highest BCUT2D eigenvalue weighted by Gasteiger charge is 2.28. The van der Waals surface area contributed by atoms with Crippen LogP contribution < -0.4 is 38.2 Å². The molecule has 8 aromatic rings. The number of benzene rings is 8. The van der Waals surface area contributed by atoms with E-state index in [1.165, 1.54) is 104 Å². The molecule has 0 heterocycles. The van der Waals surface area contributed by atoms with Crippen LogP contribution in [0.4, 0.5) is 0 Å². The summed E-state index contributed by atoms with van der Waals surface area (Å²) in [6.07, 6.45) is 5.74. The van der Waals surface area contributed by atoms with E-state index in [1.807, 2.05) is 0 Å². The zero-order chi connectivity index (χ0) is 36.9. The van der Waals surface area contributed by atoms with Gasteiger partial charge in [-0.3, -0.25) is 0 Å². The van der Waals surface area contributed by atoms with Gasteiger partial charge in [0.2, 0.25) is 0 Å². The van der Waals surface area contributed by atoms with Crippen molar-refractivity contribution in [3.8, 4) is 39.1 Å². The van der Waals surface area contributed by atoms with Crippen LogP contribution in [0.5, 0.6) is 5.75 Å². The molecule has 0 saturated carbocycles. The smallest absolute Gasteiger partial charge is 0.145 e. The minimum atomic E-state index is 0.389. The van der Waals surface area contributed by atoms with Crippen LogP contribution in [0.15, 0.2) is 103 Å². The summed E-state index contributed by atoms with van der Waals surface area (Å²) in [6.45, 7) is 2.36. The van der Waals surface area contributed by atoms with Crippen LogP contribution in [-0.2, 0) is 0 Å². The lowest BCUT2D eigenvalue weighted by atomic mass is 9.61. The molecule has 0 spiro atoms. The van der Waals surface area contributed by atoms with Gasteiger partial charge in [-0.1, -0.05) is 126 Å². The zero-order valence-electron chi connectivity index (χ0n) is 32.1. The SMILES string of the molecule is Bc1c(B)c(B)c2c(-c3cc4c(c5ccccc35)C(C)CC=C4)c3c(B)c(B)c(O)c(B)c3c(-c3ccc(-c4ccc5ccccc5c4)cc3)c2c1B.